The van der Waals surface area contributed by atoms with Crippen molar-refractivity contribution in [2.45, 2.75) is 0 Å². The van der Waals surface area contributed by atoms with Crippen LogP contribution in [-0.4, -0.2) is 29.0 Å². The van der Waals surface area contributed by atoms with E-state index in [4.69, 9.17) is 14.7 Å². The van der Waals surface area contributed by atoms with Crippen molar-refractivity contribution in [1.82, 2.24) is 9.78 Å². The lowest BCUT2D eigenvalue weighted by atomic mass is 10.2. The normalized spacial score (nSPS) is 10.0. The lowest BCUT2D eigenvalue weighted by Crippen LogP contribution is -2.12. The maximum absolute atomic E-state index is 12.0. The molecule has 0 radical (unpaired) electrons. The predicted octanol–water partition coefficient (Wildman–Crippen LogP) is 2.98. The first kappa shape index (κ1) is 16.3. The Labute approximate surface area is 144 Å². The number of ether oxygens (including phenoxy) is 2. The van der Waals surface area contributed by atoms with E-state index in [1.54, 1.807) is 59.4 Å². The summed E-state index contributed by atoms with van der Waals surface area (Å²) in [4.78, 5) is 12.0. The van der Waals surface area contributed by atoms with Crippen molar-refractivity contribution in [2.75, 3.05) is 13.2 Å². The maximum atomic E-state index is 12.0. The molecule has 0 aliphatic heterocycles. The summed E-state index contributed by atoms with van der Waals surface area (Å²) in [5.41, 5.74) is 1.90. The van der Waals surface area contributed by atoms with Gasteiger partial charge in [0, 0.05) is 12.4 Å². The average Bonchev–Trinajstić information content (AvgIpc) is 3.20. The van der Waals surface area contributed by atoms with Gasteiger partial charge in [0.25, 0.3) is 0 Å². The highest BCUT2D eigenvalue weighted by Gasteiger charge is 2.07. The van der Waals surface area contributed by atoms with E-state index in [0.717, 1.165) is 5.69 Å². The van der Waals surface area contributed by atoms with Gasteiger partial charge in [0.15, 0.2) is 0 Å². The molecule has 1 aromatic heterocycles. The van der Waals surface area contributed by atoms with Gasteiger partial charge >= 0.3 is 5.97 Å². The number of hydrogen-bond acceptors (Lipinski definition) is 5. The standard InChI is InChI=1S/C19H15N3O3/c20-14-15-2-8-18(9-3-15)24-12-13-25-19(23)16-4-6-17(7-5-16)22-11-1-10-21-22/h1-11H,12-13H2. The fraction of sp³-hybridized carbons (Fsp3) is 0.105. The quantitative estimate of drug-likeness (QED) is 0.512. The second kappa shape index (κ2) is 7.79. The number of aromatic nitrogens is 2. The van der Waals surface area contributed by atoms with Crippen molar-refractivity contribution in [1.29, 1.82) is 5.26 Å². The Morgan fingerprint density at radius 3 is 2.48 bits per heavy atom. The number of carbonyl (C=O) groups excluding carboxylic acids is 1. The first-order valence-electron chi connectivity index (χ1n) is 7.66. The van der Waals surface area contributed by atoms with Crippen LogP contribution >= 0.6 is 0 Å². The molecule has 0 saturated heterocycles. The molecule has 0 amide bonds. The molecule has 0 unspecified atom stereocenters. The lowest BCUT2D eigenvalue weighted by molar-refractivity contribution is 0.0450. The van der Waals surface area contributed by atoms with Gasteiger partial charge in [-0.25, -0.2) is 9.48 Å². The molecule has 0 bridgehead atoms. The lowest BCUT2D eigenvalue weighted by Gasteiger charge is -2.08. The van der Waals surface area contributed by atoms with E-state index in [2.05, 4.69) is 5.10 Å². The summed E-state index contributed by atoms with van der Waals surface area (Å²) < 4.78 is 12.4. The van der Waals surface area contributed by atoms with Crippen molar-refractivity contribution >= 4 is 5.97 Å². The molecule has 6 heteroatoms. The maximum Gasteiger partial charge on any atom is 0.338 e. The molecule has 0 saturated carbocycles. The highest BCUT2D eigenvalue weighted by atomic mass is 16.6. The highest BCUT2D eigenvalue weighted by molar-refractivity contribution is 5.89. The largest absolute Gasteiger partial charge is 0.490 e. The van der Waals surface area contributed by atoms with Gasteiger partial charge in [-0.1, -0.05) is 0 Å². The number of esters is 1. The van der Waals surface area contributed by atoms with E-state index >= 15 is 0 Å². The van der Waals surface area contributed by atoms with E-state index in [0.29, 0.717) is 16.9 Å². The first-order chi connectivity index (χ1) is 12.3. The Morgan fingerprint density at radius 1 is 1.08 bits per heavy atom. The van der Waals surface area contributed by atoms with Gasteiger partial charge in [-0.05, 0) is 54.6 Å². The topological polar surface area (TPSA) is 77.1 Å². The van der Waals surface area contributed by atoms with Gasteiger partial charge < -0.3 is 9.47 Å². The molecule has 3 aromatic rings. The van der Waals surface area contributed by atoms with Crippen LogP contribution in [0.5, 0.6) is 5.75 Å². The van der Waals surface area contributed by atoms with Crippen LogP contribution in [0.25, 0.3) is 5.69 Å². The van der Waals surface area contributed by atoms with Gasteiger partial charge in [-0.2, -0.15) is 10.4 Å². The smallest absolute Gasteiger partial charge is 0.338 e. The van der Waals surface area contributed by atoms with Crippen molar-refractivity contribution in [3.63, 3.8) is 0 Å². The van der Waals surface area contributed by atoms with Crippen LogP contribution in [0.4, 0.5) is 0 Å². The zero-order valence-electron chi connectivity index (χ0n) is 13.3. The second-order valence-corrected chi connectivity index (χ2v) is 5.12. The Kier molecular flexibility index (Phi) is 5.07. The number of nitrogens with zero attached hydrogens (tertiary/aromatic N) is 3. The van der Waals surface area contributed by atoms with Crippen LogP contribution < -0.4 is 4.74 Å². The second-order valence-electron chi connectivity index (χ2n) is 5.12. The molecule has 0 aliphatic carbocycles. The zero-order valence-corrected chi connectivity index (χ0v) is 13.3. The number of rotatable bonds is 6. The van der Waals surface area contributed by atoms with Crippen LogP contribution in [-0.2, 0) is 4.74 Å². The summed E-state index contributed by atoms with van der Waals surface area (Å²) in [6.07, 6.45) is 3.52. The number of carbonyl (C=O) groups is 1. The molecule has 1 heterocycles. The van der Waals surface area contributed by atoms with Gasteiger partial charge in [-0.3, -0.25) is 0 Å². The molecule has 0 fully saturated rings. The fourth-order valence-corrected chi connectivity index (χ4v) is 2.17. The van der Waals surface area contributed by atoms with E-state index in [-0.39, 0.29) is 13.2 Å². The van der Waals surface area contributed by atoms with Crippen LogP contribution in [0.15, 0.2) is 67.0 Å². The number of hydrogen-bond donors (Lipinski definition) is 0. The van der Waals surface area contributed by atoms with E-state index in [1.807, 2.05) is 18.3 Å². The van der Waals surface area contributed by atoms with Gasteiger partial charge in [0.2, 0.25) is 0 Å². The summed E-state index contributed by atoms with van der Waals surface area (Å²) in [7, 11) is 0. The molecule has 124 valence electrons. The van der Waals surface area contributed by atoms with E-state index in [1.165, 1.54) is 0 Å². The molecule has 25 heavy (non-hydrogen) atoms. The van der Waals surface area contributed by atoms with E-state index in [9.17, 15) is 4.79 Å². The molecule has 2 aromatic carbocycles. The highest BCUT2D eigenvalue weighted by Crippen LogP contribution is 2.12. The molecule has 6 nitrogen and oxygen atoms in total. The molecular formula is C19H15N3O3. The molecule has 3 rings (SSSR count). The minimum absolute atomic E-state index is 0.139. The average molecular weight is 333 g/mol. The van der Waals surface area contributed by atoms with Crippen molar-refractivity contribution in [3.05, 3.63) is 78.1 Å². The molecule has 0 N–H and O–H groups in total. The Bertz CT molecular complexity index is 864. The minimum Gasteiger partial charge on any atom is -0.490 e. The van der Waals surface area contributed by atoms with Gasteiger partial charge in [0.05, 0.1) is 22.9 Å². The first-order valence-corrected chi connectivity index (χ1v) is 7.66. The molecular weight excluding hydrogens is 318 g/mol. The number of nitriles is 1. The summed E-state index contributed by atoms with van der Waals surface area (Å²) in [5.74, 6) is 0.217. The summed E-state index contributed by atoms with van der Waals surface area (Å²) in [6.45, 7) is 0.378. The minimum atomic E-state index is -0.407. The van der Waals surface area contributed by atoms with Crippen molar-refractivity contribution in [3.8, 4) is 17.5 Å². The van der Waals surface area contributed by atoms with Gasteiger partial charge in [-0.15, -0.1) is 0 Å². The van der Waals surface area contributed by atoms with Crippen molar-refractivity contribution < 1.29 is 14.3 Å². The van der Waals surface area contributed by atoms with Crippen LogP contribution in [0.3, 0.4) is 0 Å². The fourth-order valence-electron chi connectivity index (χ4n) is 2.17. The van der Waals surface area contributed by atoms with E-state index < -0.39 is 5.97 Å². The summed E-state index contributed by atoms with van der Waals surface area (Å²) in [5, 5.41) is 12.9. The third-order valence-corrected chi connectivity index (χ3v) is 3.44. The third kappa shape index (κ3) is 4.24. The third-order valence-electron chi connectivity index (χ3n) is 3.44. The molecule has 0 atom stereocenters. The summed E-state index contributed by atoms with van der Waals surface area (Å²) in [6, 6.07) is 17.6. The summed E-state index contributed by atoms with van der Waals surface area (Å²) >= 11 is 0. The van der Waals surface area contributed by atoms with Crippen LogP contribution in [0.2, 0.25) is 0 Å². The monoisotopic (exact) mass is 333 g/mol. The number of benzene rings is 2. The Hall–Kier alpha value is -3.59. The Balaban J connectivity index is 1.46. The van der Waals surface area contributed by atoms with Crippen LogP contribution in [0.1, 0.15) is 15.9 Å². The molecule has 0 aliphatic rings. The predicted molar refractivity (Wildman–Crippen MR) is 90.5 cm³/mol. The van der Waals surface area contributed by atoms with Crippen molar-refractivity contribution in [2.24, 2.45) is 0 Å². The zero-order chi connectivity index (χ0) is 17.5. The van der Waals surface area contributed by atoms with Gasteiger partial charge in [0.1, 0.15) is 19.0 Å². The molecule has 0 spiro atoms. The SMILES string of the molecule is N#Cc1ccc(OCCOC(=O)c2ccc(-n3cccn3)cc2)cc1. The Morgan fingerprint density at radius 2 is 1.84 bits per heavy atom. The van der Waals surface area contributed by atoms with Crippen LogP contribution in [0, 0.1) is 11.3 Å².